The molecule has 0 fully saturated rings. The van der Waals surface area contributed by atoms with Gasteiger partial charge < -0.3 is 16.2 Å². The predicted molar refractivity (Wildman–Crippen MR) is 76.5 cm³/mol. The Bertz CT molecular complexity index is 647. The summed E-state index contributed by atoms with van der Waals surface area (Å²) in [4.78, 5) is 0. The predicted octanol–water partition coefficient (Wildman–Crippen LogP) is 4.40. The van der Waals surface area contributed by atoms with Gasteiger partial charge in [0.25, 0.3) is 0 Å². The van der Waals surface area contributed by atoms with E-state index >= 15 is 0 Å². The first-order valence-corrected chi connectivity index (χ1v) is 6.12. The van der Waals surface area contributed by atoms with Crippen LogP contribution in [-0.2, 0) is 0 Å². The minimum absolute atomic E-state index is 0.0619. The summed E-state index contributed by atoms with van der Waals surface area (Å²) < 4.78 is 19.5. The van der Waals surface area contributed by atoms with E-state index in [0.717, 1.165) is 5.56 Å². The molecule has 6 heteroatoms. The summed E-state index contributed by atoms with van der Waals surface area (Å²) >= 11 is 11.6. The Morgan fingerprint density at radius 1 is 1.11 bits per heavy atom. The van der Waals surface area contributed by atoms with Crippen molar-refractivity contribution >= 4 is 34.6 Å². The monoisotopic (exact) mass is 300 g/mol. The molecule has 0 heterocycles. The zero-order valence-corrected chi connectivity index (χ0v) is 11.5. The average Bonchev–Trinajstić information content (AvgIpc) is 2.36. The van der Waals surface area contributed by atoms with Crippen molar-refractivity contribution in [1.29, 1.82) is 0 Å². The molecule has 0 amide bonds. The average molecular weight is 301 g/mol. The molecule has 0 aliphatic carbocycles. The Hall–Kier alpha value is -1.65. The summed E-state index contributed by atoms with van der Waals surface area (Å²) in [6, 6.07) is 6.38. The molecule has 0 saturated carbocycles. The molecule has 0 aliphatic rings. The van der Waals surface area contributed by atoms with Crippen molar-refractivity contribution in [1.82, 2.24) is 0 Å². The Morgan fingerprint density at radius 3 is 2.47 bits per heavy atom. The van der Waals surface area contributed by atoms with Crippen LogP contribution in [0.3, 0.4) is 0 Å². The Balaban J connectivity index is 2.49. The van der Waals surface area contributed by atoms with Gasteiger partial charge >= 0.3 is 0 Å². The summed E-state index contributed by atoms with van der Waals surface area (Å²) in [5.74, 6) is -0.554. The number of halogens is 3. The van der Waals surface area contributed by atoms with Gasteiger partial charge in [-0.25, -0.2) is 4.39 Å². The molecule has 0 atom stereocenters. The highest BCUT2D eigenvalue weighted by molar-refractivity contribution is 6.33. The van der Waals surface area contributed by atoms with E-state index in [4.69, 9.17) is 39.4 Å². The topological polar surface area (TPSA) is 61.3 Å². The third-order valence-corrected chi connectivity index (χ3v) is 3.20. The van der Waals surface area contributed by atoms with Gasteiger partial charge in [0, 0.05) is 5.02 Å². The summed E-state index contributed by atoms with van der Waals surface area (Å²) in [5, 5.41) is 0.255. The number of hydrogen-bond acceptors (Lipinski definition) is 3. The van der Waals surface area contributed by atoms with E-state index in [-0.39, 0.29) is 22.1 Å². The van der Waals surface area contributed by atoms with Crippen LogP contribution >= 0.6 is 23.2 Å². The molecule has 2 aromatic carbocycles. The second kappa shape index (κ2) is 5.15. The lowest BCUT2D eigenvalue weighted by molar-refractivity contribution is 0.442. The summed E-state index contributed by atoms with van der Waals surface area (Å²) in [6.07, 6.45) is 0. The SMILES string of the molecule is Cc1ccc(Cl)cc1Oc1c(N)cc(N)c(Cl)c1F. The smallest absolute Gasteiger partial charge is 0.188 e. The van der Waals surface area contributed by atoms with Crippen molar-refractivity contribution in [2.45, 2.75) is 6.92 Å². The highest BCUT2D eigenvalue weighted by Gasteiger charge is 2.17. The van der Waals surface area contributed by atoms with E-state index in [1.807, 2.05) is 0 Å². The second-order valence-electron chi connectivity index (χ2n) is 4.02. The lowest BCUT2D eigenvalue weighted by Gasteiger charge is -2.13. The van der Waals surface area contributed by atoms with Crippen molar-refractivity contribution < 1.29 is 9.13 Å². The van der Waals surface area contributed by atoms with Gasteiger partial charge in [-0.3, -0.25) is 0 Å². The van der Waals surface area contributed by atoms with E-state index in [1.165, 1.54) is 6.07 Å². The van der Waals surface area contributed by atoms with Crippen molar-refractivity contribution in [2.24, 2.45) is 0 Å². The van der Waals surface area contributed by atoms with Crippen molar-refractivity contribution in [2.75, 3.05) is 11.5 Å². The number of benzene rings is 2. The molecule has 0 saturated heterocycles. The molecule has 2 aromatic rings. The van der Waals surface area contributed by atoms with Gasteiger partial charge in [0.05, 0.1) is 11.4 Å². The molecule has 0 spiro atoms. The molecule has 4 N–H and O–H groups in total. The van der Waals surface area contributed by atoms with Gasteiger partial charge in [-0.05, 0) is 30.7 Å². The van der Waals surface area contributed by atoms with E-state index < -0.39 is 5.82 Å². The molecule has 2 rings (SSSR count). The first-order valence-electron chi connectivity index (χ1n) is 5.37. The minimum Gasteiger partial charge on any atom is -0.452 e. The maximum atomic E-state index is 14.0. The highest BCUT2D eigenvalue weighted by Crippen LogP contribution is 2.39. The van der Waals surface area contributed by atoms with E-state index in [1.54, 1.807) is 25.1 Å². The zero-order chi connectivity index (χ0) is 14.2. The molecule has 19 heavy (non-hydrogen) atoms. The Kier molecular flexibility index (Phi) is 3.73. The number of ether oxygens (including phenoxy) is 1. The van der Waals surface area contributed by atoms with Gasteiger partial charge in [-0.1, -0.05) is 29.3 Å². The van der Waals surface area contributed by atoms with E-state index in [0.29, 0.717) is 10.8 Å². The number of hydrogen-bond donors (Lipinski definition) is 2. The largest absolute Gasteiger partial charge is 0.452 e. The fourth-order valence-electron chi connectivity index (χ4n) is 1.55. The van der Waals surface area contributed by atoms with Gasteiger partial charge in [0.15, 0.2) is 11.6 Å². The molecule has 0 bridgehead atoms. The molecule has 0 aromatic heterocycles. The third-order valence-electron chi connectivity index (χ3n) is 2.58. The van der Waals surface area contributed by atoms with Crippen molar-refractivity contribution in [3.8, 4) is 11.5 Å². The standard InChI is InChI=1S/C13H11Cl2FN2O/c1-6-2-3-7(14)4-10(6)19-13-9(18)5-8(17)11(15)12(13)16/h2-5H,17-18H2,1H3. The molecule has 100 valence electrons. The molecule has 0 radical (unpaired) electrons. The van der Waals surface area contributed by atoms with Gasteiger partial charge in [0.1, 0.15) is 10.8 Å². The van der Waals surface area contributed by atoms with Crippen molar-refractivity contribution in [3.05, 3.63) is 45.7 Å². The molecular formula is C13H11Cl2FN2O. The van der Waals surface area contributed by atoms with Crippen LogP contribution in [0.1, 0.15) is 5.56 Å². The van der Waals surface area contributed by atoms with Crippen LogP contribution in [0.15, 0.2) is 24.3 Å². The number of aryl methyl sites for hydroxylation is 1. The van der Waals surface area contributed by atoms with E-state index in [9.17, 15) is 4.39 Å². The molecule has 3 nitrogen and oxygen atoms in total. The van der Waals surface area contributed by atoms with Crippen LogP contribution in [0, 0.1) is 12.7 Å². The number of nitrogen functional groups attached to an aromatic ring is 2. The highest BCUT2D eigenvalue weighted by atomic mass is 35.5. The Labute approximate surface area is 119 Å². The number of nitrogens with two attached hydrogens (primary N) is 2. The van der Waals surface area contributed by atoms with Crippen LogP contribution < -0.4 is 16.2 Å². The lowest BCUT2D eigenvalue weighted by Crippen LogP contribution is -2.00. The summed E-state index contributed by atoms with van der Waals surface area (Å²) in [5.41, 5.74) is 12.1. The normalized spacial score (nSPS) is 10.5. The van der Waals surface area contributed by atoms with Crippen molar-refractivity contribution in [3.63, 3.8) is 0 Å². The second-order valence-corrected chi connectivity index (χ2v) is 4.84. The summed E-state index contributed by atoms with van der Waals surface area (Å²) in [6.45, 7) is 1.80. The first-order chi connectivity index (χ1) is 8.90. The van der Waals surface area contributed by atoms with Crippen LogP contribution in [0.5, 0.6) is 11.5 Å². The van der Waals surface area contributed by atoms with Crippen LogP contribution in [0.4, 0.5) is 15.8 Å². The fraction of sp³-hybridized carbons (Fsp3) is 0.0769. The maximum absolute atomic E-state index is 14.0. The number of anilines is 2. The van der Waals surface area contributed by atoms with Gasteiger partial charge in [0.2, 0.25) is 0 Å². The Morgan fingerprint density at radius 2 is 1.79 bits per heavy atom. The molecule has 0 aliphatic heterocycles. The fourth-order valence-corrected chi connectivity index (χ4v) is 1.85. The van der Waals surface area contributed by atoms with Crippen LogP contribution in [0.25, 0.3) is 0 Å². The van der Waals surface area contributed by atoms with Gasteiger partial charge in [-0.15, -0.1) is 0 Å². The third kappa shape index (κ3) is 2.69. The van der Waals surface area contributed by atoms with E-state index in [2.05, 4.69) is 0 Å². The number of rotatable bonds is 2. The zero-order valence-electron chi connectivity index (χ0n) is 10.0. The lowest BCUT2D eigenvalue weighted by atomic mass is 10.2. The molecule has 0 unspecified atom stereocenters. The van der Waals surface area contributed by atoms with Gasteiger partial charge in [-0.2, -0.15) is 0 Å². The first kappa shape index (κ1) is 13.8. The van der Waals surface area contributed by atoms with Crippen LogP contribution in [0.2, 0.25) is 10.0 Å². The van der Waals surface area contributed by atoms with Crippen LogP contribution in [-0.4, -0.2) is 0 Å². The quantitative estimate of drug-likeness (QED) is 0.808. The summed E-state index contributed by atoms with van der Waals surface area (Å²) in [7, 11) is 0. The molecular weight excluding hydrogens is 290 g/mol. The minimum atomic E-state index is -0.793. The maximum Gasteiger partial charge on any atom is 0.188 e.